The van der Waals surface area contributed by atoms with Crippen LogP contribution in [0, 0.1) is 0 Å². The van der Waals surface area contributed by atoms with Crippen LogP contribution in [0.4, 0.5) is 11.4 Å². The Kier molecular flexibility index (Phi) is 6.81. The number of carbonyl (C=O) groups is 2. The lowest BCUT2D eigenvalue weighted by molar-refractivity contribution is -0.118. The summed E-state index contributed by atoms with van der Waals surface area (Å²) in [4.78, 5) is 26.9. The van der Waals surface area contributed by atoms with Crippen molar-refractivity contribution in [2.24, 2.45) is 0 Å². The smallest absolute Gasteiger partial charge is 0.262 e. The van der Waals surface area contributed by atoms with Crippen molar-refractivity contribution in [3.63, 3.8) is 0 Å². The van der Waals surface area contributed by atoms with Crippen LogP contribution in [0.3, 0.4) is 0 Å². The number of nitrogens with zero attached hydrogens (tertiary/aromatic N) is 1. The summed E-state index contributed by atoms with van der Waals surface area (Å²) in [6.45, 7) is 4.23. The molecule has 6 heteroatoms. The van der Waals surface area contributed by atoms with Crippen molar-refractivity contribution >= 4 is 35.0 Å². The van der Waals surface area contributed by atoms with Crippen molar-refractivity contribution in [3.8, 4) is 5.75 Å². The van der Waals surface area contributed by atoms with Crippen molar-refractivity contribution < 1.29 is 14.3 Å². The first-order valence-corrected chi connectivity index (χ1v) is 11.7. The summed E-state index contributed by atoms with van der Waals surface area (Å²) in [6, 6.07) is 25.1. The molecule has 1 aliphatic rings. The lowest BCUT2D eigenvalue weighted by atomic mass is 10.0. The highest BCUT2D eigenvalue weighted by Gasteiger charge is 2.34. The third-order valence-corrected chi connectivity index (χ3v) is 6.49. The zero-order valence-corrected chi connectivity index (χ0v) is 19.0. The summed E-state index contributed by atoms with van der Waals surface area (Å²) in [5.41, 5.74) is 3.78. The van der Waals surface area contributed by atoms with Crippen LogP contribution in [0.1, 0.15) is 36.3 Å². The van der Waals surface area contributed by atoms with E-state index in [1.54, 1.807) is 11.8 Å². The summed E-state index contributed by atoms with van der Waals surface area (Å²) in [5, 5.41) is 2.75. The minimum atomic E-state index is -0.234. The molecule has 1 heterocycles. The van der Waals surface area contributed by atoms with Crippen LogP contribution in [-0.2, 0) is 9.59 Å². The molecule has 1 atom stereocenters. The Morgan fingerprint density at radius 1 is 1.06 bits per heavy atom. The van der Waals surface area contributed by atoms with E-state index in [1.807, 2.05) is 71.6 Å². The highest BCUT2D eigenvalue weighted by molar-refractivity contribution is 8.00. The fraction of sp³-hybridized carbons (Fsp3) is 0.231. The number of para-hydroxylation sites is 1. The van der Waals surface area contributed by atoms with Gasteiger partial charge in [-0.2, -0.15) is 0 Å². The molecule has 0 radical (unpaired) electrons. The zero-order chi connectivity index (χ0) is 22.5. The normalized spacial score (nSPS) is 15.8. The second-order valence-corrected chi connectivity index (χ2v) is 9.02. The molecule has 0 unspecified atom stereocenters. The Balaban J connectivity index is 1.46. The van der Waals surface area contributed by atoms with Gasteiger partial charge in [-0.3, -0.25) is 14.5 Å². The first-order chi connectivity index (χ1) is 15.5. The summed E-state index contributed by atoms with van der Waals surface area (Å²) >= 11 is 1.59. The van der Waals surface area contributed by atoms with Gasteiger partial charge in [0, 0.05) is 11.4 Å². The van der Waals surface area contributed by atoms with Crippen molar-refractivity contribution in [1.82, 2.24) is 0 Å². The van der Waals surface area contributed by atoms with E-state index in [2.05, 4.69) is 31.3 Å². The van der Waals surface area contributed by atoms with Crippen molar-refractivity contribution in [2.75, 3.05) is 22.6 Å². The third kappa shape index (κ3) is 5.14. The number of carbonyl (C=O) groups excluding carboxylic acids is 2. The number of anilines is 2. The lowest BCUT2D eigenvalue weighted by Crippen LogP contribution is -2.28. The summed E-state index contributed by atoms with van der Waals surface area (Å²) in [5.74, 6) is 1.37. The maximum Gasteiger partial charge on any atom is 0.262 e. The van der Waals surface area contributed by atoms with Crippen molar-refractivity contribution in [3.05, 3.63) is 90.0 Å². The second kappa shape index (κ2) is 9.92. The van der Waals surface area contributed by atoms with E-state index in [1.165, 1.54) is 5.56 Å². The molecule has 1 aliphatic heterocycles. The number of rotatable bonds is 7. The maximum atomic E-state index is 12.7. The second-order valence-electron chi connectivity index (χ2n) is 7.95. The molecule has 0 bridgehead atoms. The average molecular weight is 447 g/mol. The first kappa shape index (κ1) is 22.0. The van der Waals surface area contributed by atoms with Gasteiger partial charge in [-0.25, -0.2) is 0 Å². The lowest BCUT2D eigenvalue weighted by Gasteiger charge is -2.25. The monoisotopic (exact) mass is 446 g/mol. The molecule has 0 spiro atoms. The molecule has 5 nitrogen and oxygen atoms in total. The van der Waals surface area contributed by atoms with E-state index in [0.717, 1.165) is 11.3 Å². The standard InChI is InChI=1S/C26H26N2O3S/c1-18(2)19-11-13-22(14-12-19)28-25(30)17-32-26(28)20-7-6-8-21(15-20)27-24(29)16-31-23-9-4-3-5-10-23/h3-15,18,26H,16-17H2,1-2H3,(H,27,29)/t26-/m0/s1. The average Bonchev–Trinajstić information content (AvgIpc) is 3.20. The first-order valence-electron chi connectivity index (χ1n) is 10.6. The van der Waals surface area contributed by atoms with Gasteiger partial charge in [0.1, 0.15) is 11.1 Å². The predicted molar refractivity (Wildman–Crippen MR) is 130 cm³/mol. The molecule has 0 saturated carbocycles. The number of hydrogen-bond acceptors (Lipinski definition) is 4. The molecular formula is C26H26N2O3S. The van der Waals surface area contributed by atoms with E-state index < -0.39 is 0 Å². The van der Waals surface area contributed by atoms with Crippen LogP contribution >= 0.6 is 11.8 Å². The van der Waals surface area contributed by atoms with E-state index in [4.69, 9.17) is 4.74 Å². The molecule has 4 rings (SSSR count). The van der Waals surface area contributed by atoms with Crippen LogP contribution in [0.5, 0.6) is 5.75 Å². The van der Waals surface area contributed by atoms with Gasteiger partial charge in [0.2, 0.25) is 5.91 Å². The fourth-order valence-corrected chi connectivity index (χ4v) is 4.77. The third-order valence-electron chi connectivity index (χ3n) is 5.27. The largest absolute Gasteiger partial charge is 0.484 e. The molecular weight excluding hydrogens is 420 g/mol. The molecule has 3 aromatic carbocycles. The van der Waals surface area contributed by atoms with Gasteiger partial charge < -0.3 is 10.1 Å². The Morgan fingerprint density at radius 3 is 2.53 bits per heavy atom. The molecule has 2 amide bonds. The van der Waals surface area contributed by atoms with E-state index in [-0.39, 0.29) is 23.8 Å². The van der Waals surface area contributed by atoms with Gasteiger partial charge in [0.05, 0.1) is 5.75 Å². The highest BCUT2D eigenvalue weighted by atomic mass is 32.2. The predicted octanol–water partition coefficient (Wildman–Crippen LogP) is 5.61. The topological polar surface area (TPSA) is 58.6 Å². The Morgan fingerprint density at radius 2 is 1.81 bits per heavy atom. The Bertz CT molecular complexity index is 1080. The molecule has 1 N–H and O–H groups in total. The summed E-state index contributed by atoms with van der Waals surface area (Å²) in [7, 11) is 0. The number of amides is 2. The number of hydrogen-bond donors (Lipinski definition) is 1. The zero-order valence-electron chi connectivity index (χ0n) is 18.2. The van der Waals surface area contributed by atoms with Gasteiger partial charge in [-0.15, -0.1) is 11.8 Å². The van der Waals surface area contributed by atoms with Crippen LogP contribution < -0.4 is 15.0 Å². The van der Waals surface area contributed by atoms with E-state index in [9.17, 15) is 9.59 Å². The van der Waals surface area contributed by atoms with Crippen LogP contribution in [0.2, 0.25) is 0 Å². The highest BCUT2D eigenvalue weighted by Crippen LogP contribution is 2.42. The molecule has 164 valence electrons. The number of thioether (sulfide) groups is 1. The van der Waals surface area contributed by atoms with E-state index >= 15 is 0 Å². The molecule has 0 aliphatic carbocycles. The number of nitrogens with one attached hydrogen (secondary N) is 1. The molecule has 1 saturated heterocycles. The summed E-state index contributed by atoms with van der Waals surface area (Å²) < 4.78 is 5.52. The van der Waals surface area contributed by atoms with Gasteiger partial charge in [-0.1, -0.05) is 56.3 Å². The van der Waals surface area contributed by atoms with Gasteiger partial charge in [0.25, 0.3) is 5.91 Å². The van der Waals surface area contributed by atoms with Crippen molar-refractivity contribution in [2.45, 2.75) is 25.1 Å². The van der Waals surface area contributed by atoms with Crippen molar-refractivity contribution in [1.29, 1.82) is 0 Å². The molecule has 32 heavy (non-hydrogen) atoms. The van der Waals surface area contributed by atoms with E-state index in [0.29, 0.717) is 23.1 Å². The van der Waals surface area contributed by atoms with Gasteiger partial charge >= 0.3 is 0 Å². The van der Waals surface area contributed by atoms with Crippen LogP contribution in [0.25, 0.3) is 0 Å². The molecule has 3 aromatic rings. The fourth-order valence-electron chi connectivity index (χ4n) is 3.60. The summed E-state index contributed by atoms with van der Waals surface area (Å²) in [6.07, 6.45) is 0. The maximum absolute atomic E-state index is 12.7. The Labute approximate surface area is 192 Å². The minimum Gasteiger partial charge on any atom is -0.484 e. The number of ether oxygens (including phenoxy) is 1. The SMILES string of the molecule is CC(C)c1ccc(N2C(=O)CS[C@H]2c2cccc(NC(=O)COc3ccccc3)c2)cc1. The van der Waals surface area contributed by atoms with Crippen LogP contribution in [-0.4, -0.2) is 24.2 Å². The van der Waals surface area contributed by atoms with Gasteiger partial charge in [-0.05, 0) is 53.4 Å². The molecule has 0 aromatic heterocycles. The van der Waals surface area contributed by atoms with Crippen LogP contribution in [0.15, 0.2) is 78.9 Å². The minimum absolute atomic E-state index is 0.0702. The Hall–Kier alpha value is -3.25. The number of benzene rings is 3. The quantitative estimate of drug-likeness (QED) is 0.513. The van der Waals surface area contributed by atoms with Gasteiger partial charge in [0.15, 0.2) is 6.61 Å². The molecule has 1 fully saturated rings.